The van der Waals surface area contributed by atoms with Crippen LogP contribution < -0.4 is 16.8 Å². The highest BCUT2D eigenvalue weighted by atomic mass is 16.5. The molecule has 16 heavy (non-hydrogen) atoms. The molecule has 0 aliphatic carbocycles. The van der Waals surface area contributed by atoms with Crippen molar-refractivity contribution in [2.24, 2.45) is 5.73 Å². The number of nitrogens with two attached hydrogens (primary N) is 2. The third-order valence-corrected chi connectivity index (χ3v) is 2.35. The minimum absolute atomic E-state index is 0.170. The molecule has 1 atom stereocenters. The van der Waals surface area contributed by atoms with Crippen LogP contribution in [0.4, 0.5) is 11.4 Å². The van der Waals surface area contributed by atoms with E-state index < -0.39 is 0 Å². The van der Waals surface area contributed by atoms with Crippen LogP contribution in [0.5, 0.6) is 0 Å². The molecule has 2 rings (SSSR count). The minimum Gasteiger partial charge on any atom is -0.475 e. The van der Waals surface area contributed by atoms with Crippen LogP contribution in [-0.2, 0) is 11.3 Å². The van der Waals surface area contributed by atoms with Crippen molar-refractivity contribution in [3.8, 4) is 0 Å². The molecule has 1 unspecified atom stereocenters. The summed E-state index contributed by atoms with van der Waals surface area (Å²) in [6.45, 7) is 0.493. The van der Waals surface area contributed by atoms with Crippen molar-refractivity contribution in [2.75, 3.05) is 11.1 Å². The van der Waals surface area contributed by atoms with Gasteiger partial charge in [0.1, 0.15) is 0 Å². The van der Waals surface area contributed by atoms with Crippen LogP contribution in [0.15, 0.2) is 42.7 Å². The van der Waals surface area contributed by atoms with E-state index in [-0.39, 0.29) is 6.23 Å². The molecule has 0 fully saturated rings. The Balaban J connectivity index is 2.09. The zero-order valence-electron chi connectivity index (χ0n) is 8.89. The van der Waals surface area contributed by atoms with E-state index in [1.54, 1.807) is 6.26 Å². The molecule has 1 heterocycles. The van der Waals surface area contributed by atoms with Crippen LogP contribution in [0.1, 0.15) is 5.56 Å². The van der Waals surface area contributed by atoms with Crippen LogP contribution in [0, 0.1) is 0 Å². The monoisotopic (exact) mass is 217 g/mol. The maximum absolute atomic E-state index is 5.90. The molecule has 4 heteroatoms. The zero-order chi connectivity index (χ0) is 11.4. The lowest BCUT2D eigenvalue weighted by atomic mass is 10.1. The van der Waals surface area contributed by atoms with Crippen molar-refractivity contribution in [3.63, 3.8) is 0 Å². The van der Waals surface area contributed by atoms with Crippen molar-refractivity contribution in [1.82, 2.24) is 0 Å². The average molecular weight is 217 g/mol. The largest absolute Gasteiger partial charge is 0.475 e. The smallest absolute Gasteiger partial charge is 0.188 e. The highest BCUT2D eigenvalue weighted by Crippen LogP contribution is 2.21. The molecule has 0 aromatic heterocycles. The van der Waals surface area contributed by atoms with Crippen LogP contribution in [0.25, 0.3) is 0 Å². The first-order chi connectivity index (χ1) is 7.79. The summed E-state index contributed by atoms with van der Waals surface area (Å²) >= 11 is 0. The molecule has 0 saturated carbocycles. The molecule has 84 valence electrons. The molecular weight excluding hydrogens is 202 g/mol. The predicted molar refractivity (Wildman–Crippen MR) is 65.5 cm³/mol. The number of benzene rings is 1. The number of nitrogens with one attached hydrogen (secondary N) is 1. The zero-order valence-corrected chi connectivity index (χ0v) is 8.89. The van der Waals surface area contributed by atoms with Gasteiger partial charge in [-0.1, -0.05) is 12.1 Å². The third-order valence-electron chi connectivity index (χ3n) is 2.35. The van der Waals surface area contributed by atoms with Gasteiger partial charge in [0.15, 0.2) is 6.23 Å². The summed E-state index contributed by atoms with van der Waals surface area (Å²) in [4.78, 5) is 0. The van der Waals surface area contributed by atoms with Gasteiger partial charge in [0.05, 0.1) is 17.6 Å². The van der Waals surface area contributed by atoms with Gasteiger partial charge in [-0.15, -0.1) is 0 Å². The van der Waals surface area contributed by atoms with Crippen LogP contribution in [0.3, 0.4) is 0 Å². The summed E-state index contributed by atoms with van der Waals surface area (Å²) in [6, 6.07) is 5.72. The summed E-state index contributed by atoms with van der Waals surface area (Å²) in [5.41, 5.74) is 14.0. The van der Waals surface area contributed by atoms with Gasteiger partial charge in [0.2, 0.25) is 0 Å². The fourth-order valence-corrected chi connectivity index (χ4v) is 1.49. The lowest BCUT2D eigenvalue weighted by molar-refractivity contribution is 0.208. The van der Waals surface area contributed by atoms with Crippen molar-refractivity contribution in [3.05, 3.63) is 48.3 Å². The number of nitrogen functional groups attached to an aromatic ring is 1. The highest BCUT2D eigenvalue weighted by Gasteiger charge is 2.07. The number of anilines is 2. The lowest BCUT2D eigenvalue weighted by Crippen LogP contribution is -2.20. The fourth-order valence-electron chi connectivity index (χ4n) is 1.49. The van der Waals surface area contributed by atoms with Gasteiger partial charge in [-0.25, -0.2) is 0 Å². The highest BCUT2D eigenvalue weighted by molar-refractivity contribution is 5.67. The normalized spacial score (nSPS) is 18.2. The lowest BCUT2D eigenvalue weighted by Gasteiger charge is -2.19. The first-order valence-corrected chi connectivity index (χ1v) is 5.13. The van der Waals surface area contributed by atoms with Gasteiger partial charge in [-0.3, -0.25) is 0 Å². The number of ether oxygens (including phenoxy) is 1. The summed E-state index contributed by atoms with van der Waals surface area (Å²) < 4.78 is 5.33. The van der Waals surface area contributed by atoms with E-state index >= 15 is 0 Å². The topological polar surface area (TPSA) is 73.3 Å². The Morgan fingerprint density at radius 3 is 2.81 bits per heavy atom. The third kappa shape index (κ3) is 2.35. The number of allylic oxidation sites excluding steroid dienone is 2. The standard InChI is InChI=1S/C12H15N3O/c13-8-9-4-5-11(10(14)7-9)15-12-3-1-2-6-16-12/h1-7,12,15H,8,13-14H2. The number of rotatable bonds is 3. The Bertz CT molecular complexity index is 426. The van der Waals surface area contributed by atoms with Crippen LogP contribution in [0.2, 0.25) is 0 Å². The van der Waals surface area contributed by atoms with Gasteiger partial charge in [-0.05, 0) is 29.8 Å². The maximum Gasteiger partial charge on any atom is 0.188 e. The molecule has 1 aliphatic rings. The molecule has 0 radical (unpaired) electrons. The van der Waals surface area contributed by atoms with Crippen molar-refractivity contribution in [2.45, 2.75) is 12.8 Å². The van der Waals surface area contributed by atoms with Crippen molar-refractivity contribution in [1.29, 1.82) is 0 Å². The summed E-state index contributed by atoms with van der Waals surface area (Å²) in [6.07, 6.45) is 7.14. The van der Waals surface area contributed by atoms with Crippen molar-refractivity contribution < 1.29 is 4.74 Å². The van der Waals surface area contributed by atoms with Gasteiger partial charge in [0.25, 0.3) is 0 Å². The Morgan fingerprint density at radius 2 is 2.19 bits per heavy atom. The second-order valence-corrected chi connectivity index (χ2v) is 3.54. The second kappa shape index (κ2) is 4.72. The molecule has 1 aromatic rings. The number of hydrogen-bond donors (Lipinski definition) is 3. The van der Waals surface area contributed by atoms with E-state index in [4.69, 9.17) is 16.2 Å². The molecular formula is C12H15N3O. The van der Waals surface area contributed by atoms with E-state index in [0.717, 1.165) is 11.3 Å². The molecule has 5 N–H and O–H groups in total. The van der Waals surface area contributed by atoms with Crippen molar-refractivity contribution >= 4 is 11.4 Å². The molecule has 1 aromatic carbocycles. The molecule has 0 amide bonds. The average Bonchev–Trinajstić information content (AvgIpc) is 2.33. The maximum atomic E-state index is 5.90. The first kappa shape index (κ1) is 10.6. The minimum atomic E-state index is -0.170. The van der Waals surface area contributed by atoms with Crippen LogP contribution in [-0.4, -0.2) is 6.23 Å². The number of hydrogen-bond acceptors (Lipinski definition) is 4. The van der Waals surface area contributed by atoms with Gasteiger partial charge in [-0.2, -0.15) is 0 Å². The van der Waals surface area contributed by atoms with Gasteiger partial charge < -0.3 is 21.5 Å². The quantitative estimate of drug-likeness (QED) is 0.672. The molecule has 0 saturated heterocycles. The summed E-state index contributed by atoms with van der Waals surface area (Å²) in [7, 11) is 0. The second-order valence-electron chi connectivity index (χ2n) is 3.54. The van der Waals surface area contributed by atoms with Gasteiger partial charge >= 0.3 is 0 Å². The van der Waals surface area contributed by atoms with E-state index in [2.05, 4.69) is 5.32 Å². The first-order valence-electron chi connectivity index (χ1n) is 5.13. The molecule has 0 bridgehead atoms. The molecule has 1 aliphatic heterocycles. The Kier molecular flexibility index (Phi) is 3.12. The summed E-state index contributed by atoms with van der Waals surface area (Å²) in [5.74, 6) is 0. The molecule has 0 spiro atoms. The molecule has 4 nitrogen and oxygen atoms in total. The Labute approximate surface area is 94.6 Å². The van der Waals surface area contributed by atoms with E-state index in [9.17, 15) is 0 Å². The Hall–Kier alpha value is -1.94. The van der Waals surface area contributed by atoms with E-state index in [1.165, 1.54) is 0 Å². The van der Waals surface area contributed by atoms with E-state index in [0.29, 0.717) is 12.2 Å². The van der Waals surface area contributed by atoms with Crippen LogP contribution >= 0.6 is 0 Å². The Morgan fingerprint density at radius 1 is 1.31 bits per heavy atom. The fraction of sp³-hybridized carbons (Fsp3) is 0.167. The summed E-state index contributed by atoms with van der Waals surface area (Å²) in [5, 5.41) is 3.17. The SMILES string of the molecule is NCc1ccc(NC2C=CC=CO2)c(N)c1. The van der Waals surface area contributed by atoms with Gasteiger partial charge in [0, 0.05) is 6.54 Å². The predicted octanol–water partition coefficient (Wildman–Crippen LogP) is 1.57. The van der Waals surface area contributed by atoms with E-state index in [1.807, 2.05) is 36.4 Å².